The maximum Gasteiger partial charge on any atom is 0.262 e. The molecule has 1 fully saturated rings. The standard InChI is InChI=1S/C26H29N3O4/c1-2-20-7-3-4-13-29(20)24-12-9-18-6-5-8-22(26(18)28-24)33-17-25(30)27-19-10-11-21-23(16-19)32-15-14-31-21/h5-6,8-12,16,20H,2-4,7,13-15,17H2,1H3,(H,27,30). The number of carbonyl (C=O) groups excluding carboxylic acids is 1. The number of anilines is 2. The molecule has 2 aliphatic rings. The van der Waals surface area contributed by atoms with Crippen LogP contribution >= 0.6 is 0 Å². The molecule has 1 N–H and O–H groups in total. The summed E-state index contributed by atoms with van der Waals surface area (Å²) in [6.45, 7) is 4.18. The van der Waals surface area contributed by atoms with E-state index in [1.165, 1.54) is 19.3 Å². The average molecular weight is 448 g/mol. The molecule has 3 aromatic rings. The topological polar surface area (TPSA) is 72.9 Å². The number of aromatic nitrogens is 1. The van der Waals surface area contributed by atoms with Gasteiger partial charge in [-0.2, -0.15) is 0 Å². The highest BCUT2D eigenvalue weighted by molar-refractivity contribution is 5.93. The third kappa shape index (κ3) is 4.67. The Kier molecular flexibility index (Phi) is 6.19. The van der Waals surface area contributed by atoms with E-state index in [0.717, 1.165) is 29.7 Å². The number of amides is 1. The molecule has 1 saturated heterocycles. The van der Waals surface area contributed by atoms with Crippen molar-refractivity contribution in [2.24, 2.45) is 0 Å². The monoisotopic (exact) mass is 447 g/mol. The van der Waals surface area contributed by atoms with Gasteiger partial charge in [0, 0.05) is 29.7 Å². The van der Waals surface area contributed by atoms with Gasteiger partial charge >= 0.3 is 0 Å². The van der Waals surface area contributed by atoms with Gasteiger partial charge in [-0.15, -0.1) is 0 Å². The lowest BCUT2D eigenvalue weighted by molar-refractivity contribution is -0.118. The quantitative estimate of drug-likeness (QED) is 0.586. The van der Waals surface area contributed by atoms with Crippen molar-refractivity contribution in [3.63, 3.8) is 0 Å². The molecule has 5 rings (SSSR count). The van der Waals surface area contributed by atoms with Gasteiger partial charge < -0.3 is 24.4 Å². The predicted octanol–water partition coefficient (Wildman–Crippen LogP) is 4.79. The number of ether oxygens (including phenoxy) is 3. The number of nitrogens with zero attached hydrogens (tertiary/aromatic N) is 2. The number of carbonyl (C=O) groups is 1. The number of piperidine rings is 1. The summed E-state index contributed by atoms with van der Waals surface area (Å²) in [5.74, 6) is 2.66. The Morgan fingerprint density at radius 3 is 2.88 bits per heavy atom. The third-order valence-electron chi connectivity index (χ3n) is 6.25. The fourth-order valence-corrected chi connectivity index (χ4v) is 4.57. The molecule has 0 radical (unpaired) electrons. The Morgan fingerprint density at radius 2 is 2.00 bits per heavy atom. The van der Waals surface area contributed by atoms with Crippen LogP contribution in [0.2, 0.25) is 0 Å². The summed E-state index contributed by atoms with van der Waals surface area (Å²) < 4.78 is 17.0. The van der Waals surface area contributed by atoms with E-state index in [1.807, 2.05) is 18.2 Å². The largest absolute Gasteiger partial charge is 0.486 e. The molecule has 0 aliphatic carbocycles. The summed E-state index contributed by atoms with van der Waals surface area (Å²) in [5, 5.41) is 3.85. The van der Waals surface area contributed by atoms with Crippen molar-refractivity contribution >= 4 is 28.3 Å². The molecule has 33 heavy (non-hydrogen) atoms. The number of hydrogen-bond acceptors (Lipinski definition) is 6. The summed E-state index contributed by atoms with van der Waals surface area (Å²) in [6.07, 6.45) is 4.77. The van der Waals surface area contributed by atoms with Crippen LogP contribution in [0.3, 0.4) is 0 Å². The zero-order valence-corrected chi connectivity index (χ0v) is 18.9. The smallest absolute Gasteiger partial charge is 0.262 e. The van der Waals surface area contributed by atoms with E-state index in [2.05, 4.69) is 29.3 Å². The SMILES string of the molecule is CCC1CCCCN1c1ccc2cccc(OCC(=O)Nc3ccc4c(c3)OCCO4)c2n1. The number of pyridine rings is 1. The Labute approximate surface area is 193 Å². The fourth-order valence-electron chi connectivity index (χ4n) is 4.57. The van der Waals surface area contributed by atoms with Gasteiger partial charge in [0.15, 0.2) is 18.1 Å². The molecule has 1 amide bonds. The summed E-state index contributed by atoms with van der Waals surface area (Å²) in [4.78, 5) is 19.9. The molecule has 0 bridgehead atoms. The first-order chi connectivity index (χ1) is 16.2. The van der Waals surface area contributed by atoms with E-state index in [1.54, 1.807) is 18.2 Å². The minimum absolute atomic E-state index is 0.110. The molecule has 7 heteroatoms. The zero-order valence-electron chi connectivity index (χ0n) is 18.9. The molecule has 172 valence electrons. The van der Waals surface area contributed by atoms with Gasteiger partial charge in [-0.25, -0.2) is 4.98 Å². The van der Waals surface area contributed by atoms with Crippen LogP contribution in [0, 0.1) is 0 Å². The zero-order chi connectivity index (χ0) is 22.6. The number of hydrogen-bond donors (Lipinski definition) is 1. The summed E-state index contributed by atoms with van der Waals surface area (Å²) >= 11 is 0. The highest BCUT2D eigenvalue weighted by Gasteiger charge is 2.22. The van der Waals surface area contributed by atoms with Crippen LogP contribution in [-0.4, -0.2) is 43.3 Å². The Hall–Kier alpha value is -3.48. The van der Waals surface area contributed by atoms with Gasteiger partial charge in [0.25, 0.3) is 5.91 Å². The molecular weight excluding hydrogens is 418 g/mol. The maximum absolute atomic E-state index is 12.5. The molecule has 2 aliphatic heterocycles. The van der Waals surface area contributed by atoms with E-state index in [9.17, 15) is 4.79 Å². The molecular formula is C26H29N3O4. The average Bonchev–Trinajstić information content (AvgIpc) is 2.87. The molecule has 1 aromatic heterocycles. The van der Waals surface area contributed by atoms with Crippen molar-refractivity contribution in [2.75, 3.05) is 36.6 Å². The predicted molar refractivity (Wildman–Crippen MR) is 129 cm³/mol. The lowest BCUT2D eigenvalue weighted by Gasteiger charge is -2.36. The van der Waals surface area contributed by atoms with E-state index in [-0.39, 0.29) is 12.5 Å². The molecule has 0 saturated carbocycles. The highest BCUT2D eigenvalue weighted by Crippen LogP contribution is 2.33. The summed E-state index contributed by atoms with van der Waals surface area (Å²) in [5.41, 5.74) is 1.42. The van der Waals surface area contributed by atoms with Crippen LogP contribution in [0.15, 0.2) is 48.5 Å². The van der Waals surface area contributed by atoms with E-state index in [4.69, 9.17) is 19.2 Å². The van der Waals surface area contributed by atoms with E-state index in [0.29, 0.717) is 42.2 Å². The van der Waals surface area contributed by atoms with Gasteiger partial charge in [0.1, 0.15) is 30.3 Å². The van der Waals surface area contributed by atoms with E-state index < -0.39 is 0 Å². The van der Waals surface area contributed by atoms with Gasteiger partial charge in [-0.05, 0) is 56.0 Å². The molecule has 1 atom stereocenters. The van der Waals surface area contributed by atoms with Crippen molar-refractivity contribution < 1.29 is 19.0 Å². The normalized spacial score (nSPS) is 17.6. The fraction of sp³-hybridized carbons (Fsp3) is 0.385. The van der Waals surface area contributed by atoms with Crippen LogP contribution in [0.1, 0.15) is 32.6 Å². The minimum atomic E-state index is -0.248. The second kappa shape index (κ2) is 9.57. The van der Waals surface area contributed by atoms with Crippen molar-refractivity contribution in [1.29, 1.82) is 0 Å². The van der Waals surface area contributed by atoms with Crippen molar-refractivity contribution in [2.45, 2.75) is 38.6 Å². The van der Waals surface area contributed by atoms with Crippen molar-refractivity contribution in [3.05, 3.63) is 48.5 Å². The Bertz CT molecular complexity index is 1150. The minimum Gasteiger partial charge on any atom is -0.486 e. The molecule has 2 aromatic carbocycles. The van der Waals surface area contributed by atoms with Crippen LogP contribution in [0.5, 0.6) is 17.2 Å². The van der Waals surface area contributed by atoms with Crippen LogP contribution in [0.25, 0.3) is 10.9 Å². The van der Waals surface area contributed by atoms with Gasteiger partial charge in [0.05, 0.1) is 0 Å². The number of para-hydroxylation sites is 1. The lowest BCUT2D eigenvalue weighted by Crippen LogP contribution is -2.39. The third-order valence-corrected chi connectivity index (χ3v) is 6.25. The van der Waals surface area contributed by atoms with Crippen LogP contribution in [0.4, 0.5) is 11.5 Å². The number of fused-ring (bicyclic) bond motifs is 2. The van der Waals surface area contributed by atoms with Gasteiger partial charge in [0.2, 0.25) is 0 Å². The van der Waals surface area contributed by atoms with E-state index >= 15 is 0 Å². The molecule has 7 nitrogen and oxygen atoms in total. The lowest BCUT2D eigenvalue weighted by atomic mass is 10.00. The molecule has 0 spiro atoms. The number of benzene rings is 2. The van der Waals surface area contributed by atoms with Gasteiger partial charge in [-0.1, -0.05) is 19.1 Å². The highest BCUT2D eigenvalue weighted by atomic mass is 16.6. The number of nitrogens with one attached hydrogen (secondary N) is 1. The molecule has 3 heterocycles. The van der Waals surface area contributed by atoms with Crippen LogP contribution in [-0.2, 0) is 4.79 Å². The maximum atomic E-state index is 12.5. The van der Waals surface area contributed by atoms with Crippen LogP contribution < -0.4 is 24.4 Å². The van der Waals surface area contributed by atoms with Crippen molar-refractivity contribution in [3.8, 4) is 17.2 Å². The Morgan fingerprint density at radius 1 is 1.12 bits per heavy atom. The first kappa shape index (κ1) is 21.4. The second-order valence-corrected chi connectivity index (χ2v) is 8.44. The first-order valence-corrected chi connectivity index (χ1v) is 11.7. The molecule has 1 unspecified atom stereocenters. The Balaban J connectivity index is 1.30. The first-order valence-electron chi connectivity index (χ1n) is 11.7. The second-order valence-electron chi connectivity index (χ2n) is 8.44. The number of rotatable bonds is 6. The summed E-state index contributed by atoms with van der Waals surface area (Å²) in [7, 11) is 0. The van der Waals surface area contributed by atoms with Crippen molar-refractivity contribution in [1.82, 2.24) is 4.98 Å². The van der Waals surface area contributed by atoms with Gasteiger partial charge in [-0.3, -0.25) is 4.79 Å². The summed E-state index contributed by atoms with van der Waals surface area (Å²) in [6, 6.07) is 15.9.